The highest BCUT2D eigenvalue weighted by Gasteiger charge is 2.41. The lowest BCUT2D eigenvalue weighted by atomic mass is 9.76. The number of allylic oxidation sites excluding steroid dienone is 5. The molecule has 0 spiro atoms. The van der Waals surface area contributed by atoms with Crippen LogP contribution >= 0.6 is 0 Å². The molecule has 6 aromatic rings. The summed E-state index contributed by atoms with van der Waals surface area (Å²) in [5.41, 5.74) is 18.1. The molecule has 0 heterocycles. The standard InChI is InChI=1S/C51H48N2/c1-35-30-42(52(38-20-12-8-13-21-38)39-22-14-9-15-23-39)33-46-48(35)37(3)32-45-44(28-29-50(46,4)5)49-36(2)31-43(34-47(49)51(45,6)7)53(40-24-16-10-17-25-40)41-26-18-11-19-27-41/h8-28,30-34H,3,29H2,1-2,4-7H3/b44-28+,45-32?. The molecular weight excluding hydrogens is 641 g/mol. The largest absolute Gasteiger partial charge is 0.310 e. The lowest BCUT2D eigenvalue weighted by Gasteiger charge is -2.32. The van der Waals surface area contributed by atoms with Crippen LogP contribution in [0.25, 0.3) is 11.1 Å². The second-order valence-electron chi connectivity index (χ2n) is 15.8. The minimum Gasteiger partial charge on any atom is -0.310 e. The van der Waals surface area contributed by atoms with E-state index in [4.69, 9.17) is 6.58 Å². The molecule has 2 heteroatoms. The Kier molecular flexibility index (Phi) is 8.58. The van der Waals surface area contributed by atoms with Crippen LogP contribution in [0.5, 0.6) is 0 Å². The summed E-state index contributed by atoms with van der Waals surface area (Å²) in [6, 6.07) is 52.4. The number of fused-ring (bicyclic) bond motifs is 4. The third-order valence-corrected chi connectivity index (χ3v) is 11.3. The van der Waals surface area contributed by atoms with Gasteiger partial charge in [0.15, 0.2) is 0 Å². The van der Waals surface area contributed by atoms with E-state index < -0.39 is 0 Å². The Morgan fingerprint density at radius 3 is 1.32 bits per heavy atom. The van der Waals surface area contributed by atoms with Crippen LogP contribution in [-0.4, -0.2) is 0 Å². The van der Waals surface area contributed by atoms with Gasteiger partial charge in [0.25, 0.3) is 0 Å². The summed E-state index contributed by atoms with van der Waals surface area (Å²) in [4.78, 5) is 4.75. The molecule has 0 saturated heterocycles. The minimum atomic E-state index is -0.232. The van der Waals surface area contributed by atoms with Crippen molar-refractivity contribution in [3.05, 3.63) is 203 Å². The molecule has 6 aromatic carbocycles. The average molecular weight is 689 g/mol. The maximum absolute atomic E-state index is 4.83. The van der Waals surface area contributed by atoms with Crippen LogP contribution in [0.4, 0.5) is 34.1 Å². The molecule has 0 amide bonds. The highest BCUT2D eigenvalue weighted by Crippen LogP contribution is 2.55. The van der Waals surface area contributed by atoms with E-state index in [-0.39, 0.29) is 10.8 Å². The highest BCUT2D eigenvalue weighted by atomic mass is 15.1. The zero-order chi connectivity index (χ0) is 36.9. The molecule has 0 radical (unpaired) electrons. The first kappa shape index (κ1) is 34.2. The summed E-state index contributed by atoms with van der Waals surface area (Å²) in [5, 5.41) is 0. The van der Waals surface area contributed by atoms with Gasteiger partial charge in [0.1, 0.15) is 0 Å². The molecule has 0 atom stereocenters. The van der Waals surface area contributed by atoms with Gasteiger partial charge in [-0.3, -0.25) is 0 Å². The van der Waals surface area contributed by atoms with E-state index in [1.165, 1.54) is 50.2 Å². The van der Waals surface area contributed by atoms with E-state index in [9.17, 15) is 0 Å². The van der Waals surface area contributed by atoms with Crippen molar-refractivity contribution in [2.75, 3.05) is 9.80 Å². The number of aryl methyl sites for hydroxylation is 2. The van der Waals surface area contributed by atoms with Crippen LogP contribution < -0.4 is 9.80 Å². The average Bonchev–Trinajstić information content (AvgIpc) is 3.39. The van der Waals surface area contributed by atoms with Gasteiger partial charge < -0.3 is 9.80 Å². The molecule has 0 aromatic heterocycles. The van der Waals surface area contributed by atoms with E-state index in [1.54, 1.807) is 0 Å². The number of para-hydroxylation sites is 4. The summed E-state index contributed by atoms with van der Waals surface area (Å²) in [5.74, 6) is 0. The fourth-order valence-electron chi connectivity index (χ4n) is 8.61. The number of hydrogen-bond donors (Lipinski definition) is 0. The van der Waals surface area contributed by atoms with Crippen molar-refractivity contribution in [2.45, 2.75) is 58.8 Å². The molecule has 8 rings (SSSR count). The summed E-state index contributed by atoms with van der Waals surface area (Å²) in [7, 11) is 0. The van der Waals surface area contributed by atoms with Crippen LogP contribution in [0.1, 0.15) is 67.5 Å². The second kappa shape index (κ2) is 13.3. The summed E-state index contributed by atoms with van der Waals surface area (Å²) < 4.78 is 0. The van der Waals surface area contributed by atoms with Crippen LogP contribution in [-0.2, 0) is 10.8 Å². The number of anilines is 6. The molecule has 0 unspecified atom stereocenters. The van der Waals surface area contributed by atoms with Crippen molar-refractivity contribution in [2.24, 2.45) is 0 Å². The second-order valence-corrected chi connectivity index (χ2v) is 15.8. The Hall–Kier alpha value is -5.86. The highest BCUT2D eigenvalue weighted by molar-refractivity contribution is 5.97. The Morgan fingerprint density at radius 1 is 0.491 bits per heavy atom. The zero-order valence-electron chi connectivity index (χ0n) is 31.8. The molecular formula is C51H48N2. The van der Waals surface area contributed by atoms with Gasteiger partial charge in [0, 0.05) is 39.5 Å². The van der Waals surface area contributed by atoms with E-state index in [0.717, 1.165) is 40.4 Å². The Morgan fingerprint density at radius 2 is 0.887 bits per heavy atom. The van der Waals surface area contributed by atoms with Gasteiger partial charge in [-0.2, -0.15) is 0 Å². The smallest absolute Gasteiger partial charge is 0.0467 e. The van der Waals surface area contributed by atoms with Gasteiger partial charge in [-0.25, -0.2) is 0 Å². The fraction of sp³-hybridized carbons (Fsp3) is 0.176. The quantitative estimate of drug-likeness (QED) is 0.172. The van der Waals surface area contributed by atoms with Crippen LogP contribution in [0, 0.1) is 13.8 Å². The van der Waals surface area contributed by atoms with Gasteiger partial charge in [-0.15, -0.1) is 0 Å². The Bertz CT molecular complexity index is 2300. The van der Waals surface area contributed by atoms with Crippen molar-refractivity contribution in [3.63, 3.8) is 0 Å². The van der Waals surface area contributed by atoms with Gasteiger partial charge in [-0.1, -0.05) is 119 Å². The predicted molar refractivity (Wildman–Crippen MR) is 227 cm³/mol. The van der Waals surface area contributed by atoms with E-state index in [0.29, 0.717) is 0 Å². The van der Waals surface area contributed by atoms with Crippen molar-refractivity contribution in [1.82, 2.24) is 0 Å². The van der Waals surface area contributed by atoms with Crippen molar-refractivity contribution < 1.29 is 0 Å². The summed E-state index contributed by atoms with van der Waals surface area (Å²) in [6.45, 7) is 18.9. The molecule has 2 aliphatic rings. The van der Waals surface area contributed by atoms with Crippen molar-refractivity contribution in [1.29, 1.82) is 0 Å². The first-order chi connectivity index (χ1) is 25.5. The number of benzene rings is 6. The first-order valence-electron chi connectivity index (χ1n) is 18.8. The fourth-order valence-corrected chi connectivity index (χ4v) is 8.61. The van der Waals surface area contributed by atoms with Crippen molar-refractivity contribution in [3.8, 4) is 0 Å². The monoisotopic (exact) mass is 688 g/mol. The third kappa shape index (κ3) is 6.03. The molecule has 53 heavy (non-hydrogen) atoms. The van der Waals surface area contributed by atoms with Gasteiger partial charge >= 0.3 is 0 Å². The third-order valence-electron chi connectivity index (χ3n) is 11.3. The number of hydrogen-bond acceptors (Lipinski definition) is 2. The first-order valence-corrected chi connectivity index (χ1v) is 18.8. The normalized spacial score (nSPS) is 16.5. The molecule has 2 aliphatic carbocycles. The summed E-state index contributed by atoms with van der Waals surface area (Å²) in [6.07, 6.45) is 5.82. The maximum Gasteiger partial charge on any atom is 0.0467 e. The van der Waals surface area contributed by atoms with Crippen LogP contribution in [0.2, 0.25) is 0 Å². The minimum absolute atomic E-state index is 0.160. The molecule has 0 aliphatic heterocycles. The van der Waals surface area contributed by atoms with Gasteiger partial charge in [0.2, 0.25) is 0 Å². The van der Waals surface area contributed by atoms with E-state index in [1.807, 2.05) is 0 Å². The Balaban J connectivity index is 1.27. The maximum atomic E-state index is 4.83. The predicted octanol–water partition coefficient (Wildman–Crippen LogP) is 14.2. The molecule has 0 saturated carbocycles. The number of nitrogens with zero attached hydrogens (tertiary/aromatic N) is 2. The van der Waals surface area contributed by atoms with Crippen LogP contribution in [0.15, 0.2) is 170 Å². The Labute approximate surface area is 316 Å². The summed E-state index contributed by atoms with van der Waals surface area (Å²) >= 11 is 0. The van der Waals surface area contributed by atoms with Crippen LogP contribution in [0.3, 0.4) is 0 Å². The molecule has 262 valence electrons. The molecule has 0 bridgehead atoms. The van der Waals surface area contributed by atoms with Gasteiger partial charge in [-0.05, 0) is 149 Å². The SMILES string of the molecule is C=C1C=C2/C(=C\CC(C)(C)c3cc(N(c4ccccc4)c4ccccc4)cc(C)c31)c1c(C)cc(N(c3ccccc3)c3ccccc3)cc1C2(C)C. The molecule has 2 nitrogen and oxygen atoms in total. The van der Waals surface area contributed by atoms with Crippen molar-refractivity contribution >= 4 is 45.3 Å². The van der Waals surface area contributed by atoms with E-state index >= 15 is 0 Å². The number of rotatable bonds is 6. The van der Waals surface area contributed by atoms with Gasteiger partial charge in [0.05, 0.1) is 0 Å². The molecule has 0 fully saturated rings. The van der Waals surface area contributed by atoms with E-state index in [2.05, 4.69) is 209 Å². The topological polar surface area (TPSA) is 6.48 Å². The lowest BCUT2D eigenvalue weighted by Crippen LogP contribution is -2.20. The zero-order valence-corrected chi connectivity index (χ0v) is 31.8. The molecule has 0 N–H and O–H groups in total. The lowest BCUT2D eigenvalue weighted by molar-refractivity contribution is 0.533.